The fraction of sp³-hybridized carbons (Fsp3) is 0.200. The van der Waals surface area contributed by atoms with Crippen molar-refractivity contribution in [2.75, 3.05) is 0 Å². The van der Waals surface area contributed by atoms with Crippen LogP contribution in [0.2, 0.25) is 0 Å². The number of aromatic nitrogens is 2. The highest BCUT2D eigenvalue weighted by molar-refractivity contribution is 5.77. The molecule has 1 unspecified atom stereocenters. The van der Waals surface area contributed by atoms with E-state index in [1.807, 2.05) is 65.4 Å². The first kappa shape index (κ1) is 16.9. The van der Waals surface area contributed by atoms with Gasteiger partial charge in [0.1, 0.15) is 0 Å². The molecule has 0 saturated carbocycles. The Bertz CT molecular complexity index is 827. The molecular formula is C20H21N3O2. The predicted molar refractivity (Wildman–Crippen MR) is 96.0 cm³/mol. The highest BCUT2D eigenvalue weighted by atomic mass is 16.3. The Balaban J connectivity index is 1.66. The first-order valence-corrected chi connectivity index (χ1v) is 8.17. The van der Waals surface area contributed by atoms with Gasteiger partial charge in [-0.15, -0.1) is 0 Å². The number of nitrogens with one attached hydrogen (secondary N) is 1. The number of benzene rings is 2. The summed E-state index contributed by atoms with van der Waals surface area (Å²) in [7, 11) is 0. The number of hydrogen-bond donors (Lipinski definition) is 2. The molecular weight excluding hydrogens is 314 g/mol. The summed E-state index contributed by atoms with van der Waals surface area (Å²) < 4.78 is 1.90. The Kier molecular flexibility index (Phi) is 4.95. The molecule has 0 aliphatic carbocycles. The fourth-order valence-corrected chi connectivity index (χ4v) is 2.78. The zero-order chi connectivity index (χ0) is 17.7. The van der Waals surface area contributed by atoms with E-state index >= 15 is 0 Å². The van der Waals surface area contributed by atoms with E-state index in [1.165, 1.54) is 0 Å². The van der Waals surface area contributed by atoms with Gasteiger partial charge in [0.2, 0.25) is 5.91 Å². The molecule has 0 aliphatic heterocycles. The van der Waals surface area contributed by atoms with Gasteiger partial charge in [-0.05, 0) is 24.1 Å². The molecule has 0 fully saturated rings. The molecule has 3 rings (SSSR count). The molecule has 1 amide bonds. The summed E-state index contributed by atoms with van der Waals surface area (Å²) in [4.78, 5) is 16.4. The number of aliphatic hydroxyl groups is 1. The monoisotopic (exact) mass is 335 g/mol. The Morgan fingerprint density at radius 3 is 2.60 bits per heavy atom. The van der Waals surface area contributed by atoms with Gasteiger partial charge < -0.3 is 15.0 Å². The van der Waals surface area contributed by atoms with E-state index in [0.29, 0.717) is 6.54 Å². The minimum atomic E-state index is -1.20. The van der Waals surface area contributed by atoms with Crippen LogP contribution in [0.1, 0.15) is 24.5 Å². The second-order valence-corrected chi connectivity index (χ2v) is 6.19. The lowest BCUT2D eigenvalue weighted by Gasteiger charge is -2.23. The summed E-state index contributed by atoms with van der Waals surface area (Å²) in [5.41, 5.74) is 1.47. The van der Waals surface area contributed by atoms with E-state index in [4.69, 9.17) is 0 Å². The Morgan fingerprint density at radius 1 is 1.16 bits per heavy atom. The van der Waals surface area contributed by atoms with Gasteiger partial charge in [0.05, 0.1) is 24.0 Å². The van der Waals surface area contributed by atoms with Crippen LogP contribution < -0.4 is 5.32 Å². The molecule has 0 bridgehead atoms. The second-order valence-electron chi connectivity index (χ2n) is 6.19. The molecule has 25 heavy (non-hydrogen) atoms. The molecule has 1 aromatic heterocycles. The van der Waals surface area contributed by atoms with Crippen molar-refractivity contribution in [3.05, 3.63) is 84.4 Å². The number of imidazole rings is 1. The smallest absolute Gasteiger partial charge is 0.223 e. The highest BCUT2D eigenvalue weighted by Gasteiger charge is 2.26. The first-order valence-electron chi connectivity index (χ1n) is 8.17. The maximum absolute atomic E-state index is 12.3. The maximum atomic E-state index is 12.3. The minimum Gasteiger partial charge on any atom is -0.385 e. The zero-order valence-corrected chi connectivity index (χ0v) is 14.1. The number of hydrogen-bond acceptors (Lipinski definition) is 3. The third-order valence-electron chi connectivity index (χ3n) is 4.15. The van der Waals surface area contributed by atoms with Crippen LogP contribution in [-0.2, 0) is 16.9 Å². The molecule has 1 heterocycles. The number of carbonyl (C=O) groups is 1. The van der Waals surface area contributed by atoms with Crippen LogP contribution in [0.15, 0.2) is 73.3 Å². The maximum Gasteiger partial charge on any atom is 0.223 e. The van der Waals surface area contributed by atoms with E-state index in [9.17, 15) is 9.90 Å². The third kappa shape index (κ3) is 4.14. The van der Waals surface area contributed by atoms with Crippen molar-refractivity contribution in [3.63, 3.8) is 0 Å². The third-order valence-corrected chi connectivity index (χ3v) is 4.15. The van der Waals surface area contributed by atoms with Crippen LogP contribution in [0.25, 0.3) is 5.69 Å². The Morgan fingerprint density at radius 2 is 1.88 bits per heavy atom. The quantitative estimate of drug-likeness (QED) is 0.728. The standard InChI is InChI=1S/C20H21N3O2/c1-20(25,17-8-3-2-4-9-17)13-19(24)22-14-16-7-5-6-10-18(16)23-12-11-21-15-23/h2-12,15,25H,13-14H2,1H3,(H,22,24). The number of nitrogens with zero attached hydrogens (tertiary/aromatic N) is 2. The van der Waals surface area contributed by atoms with Crippen molar-refractivity contribution in [2.24, 2.45) is 0 Å². The predicted octanol–water partition coefficient (Wildman–Crippen LogP) is 2.79. The van der Waals surface area contributed by atoms with Gasteiger partial charge in [-0.2, -0.15) is 0 Å². The fourth-order valence-electron chi connectivity index (χ4n) is 2.78. The lowest BCUT2D eigenvalue weighted by atomic mass is 9.92. The molecule has 0 aliphatic rings. The van der Waals surface area contributed by atoms with Crippen molar-refractivity contribution in [1.82, 2.24) is 14.9 Å². The molecule has 5 heteroatoms. The molecule has 2 aromatic carbocycles. The van der Waals surface area contributed by atoms with Gasteiger partial charge in [0, 0.05) is 18.9 Å². The topological polar surface area (TPSA) is 67.2 Å². The average Bonchev–Trinajstić information content (AvgIpc) is 3.15. The average molecular weight is 335 g/mol. The van der Waals surface area contributed by atoms with Crippen LogP contribution in [0.3, 0.4) is 0 Å². The molecule has 0 spiro atoms. The molecule has 128 valence electrons. The van der Waals surface area contributed by atoms with Gasteiger partial charge in [-0.3, -0.25) is 4.79 Å². The van der Waals surface area contributed by atoms with Gasteiger partial charge in [0.15, 0.2) is 0 Å². The lowest BCUT2D eigenvalue weighted by Crippen LogP contribution is -2.32. The molecule has 5 nitrogen and oxygen atoms in total. The van der Waals surface area contributed by atoms with Gasteiger partial charge >= 0.3 is 0 Å². The van der Waals surface area contributed by atoms with Crippen LogP contribution in [0.5, 0.6) is 0 Å². The van der Waals surface area contributed by atoms with Crippen molar-refractivity contribution < 1.29 is 9.90 Å². The summed E-state index contributed by atoms with van der Waals surface area (Å²) in [5, 5.41) is 13.5. The van der Waals surface area contributed by atoms with Crippen LogP contribution >= 0.6 is 0 Å². The summed E-state index contributed by atoms with van der Waals surface area (Å²) in [6.07, 6.45) is 5.30. The van der Waals surface area contributed by atoms with Crippen LogP contribution in [-0.4, -0.2) is 20.6 Å². The Hall–Kier alpha value is -2.92. The van der Waals surface area contributed by atoms with Crippen LogP contribution in [0.4, 0.5) is 0 Å². The summed E-state index contributed by atoms with van der Waals surface area (Å²) in [5.74, 6) is -0.200. The van der Waals surface area contributed by atoms with E-state index < -0.39 is 5.60 Å². The van der Waals surface area contributed by atoms with Crippen LogP contribution in [0, 0.1) is 0 Å². The summed E-state index contributed by atoms with van der Waals surface area (Å²) in [6.45, 7) is 2.04. The largest absolute Gasteiger partial charge is 0.385 e. The van der Waals surface area contributed by atoms with Crippen molar-refractivity contribution in [3.8, 4) is 5.69 Å². The lowest BCUT2D eigenvalue weighted by molar-refractivity contribution is -0.126. The first-order chi connectivity index (χ1) is 12.1. The van der Waals surface area contributed by atoms with E-state index in [-0.39, 0.29) is 12.3 Å². The second kappa shape index (κ2) is 7.32. The Labute approximate surface area is 147 Å². The van der Waals surface area contributed by atoms with Crippen molar-refractivity contribution in [1.29, 1.82) is 0 Å². The number of amides is 1. The summed E-state index contributed by atoms with van der Waals surface area (Å²) >= 11 is 0. The molecule has 0 saturated heterocycles. The number of carbonyl (C=O) groups excluding carboxylic acids is 1. The number of para-hydroxylation sites is 1. The van der Waals surface area contributed by atoms with E-state index in [2.05, 4.69) is 10.3 Å². The van der Waals surface area contributed by atoms with Gasteiger partial charge in [0.25, 0.3) is 0 Å². The zero-order valence-electron chi connectivity index (χ0n) is 14.1. The normalized spacial score (nSPS) is 13.2. The molecule has 1 atom stereocenters. The van der Waals surface area contributed by atoms with Gasteiger partial charge in [-0.1, -0.05) is 48.5 Å². The summed E-state index contributed by atoms with van der Waals surface area (Å²) in [6, 6.07) is 17.0. The SMILES string of the molecule is CC(O)(CC(=O)NCc1ccccc1-n1ccnc1)c1ccccc1. The minimum absolute atomic E-state index is 0.00422. The molecule has 0 radical (unpaired) electrons. The molecule has 3 aromatic rings. The number of rotatable bonds is 6. The molecule has 2 N–H and O–H groups in total. The van der Waals surface area contributed by atoms with E-state index in [1.54, 1.807) is 19.4 Å². The van der Waals surface area contributed by atoms with Crippen molar-refractivity contribution >= 4 is 5.91 Å². The highest BCUT2D eigenvalue weighted by Crippen LogP contribution is 2.24. The van der Waals surface area contributed by atoms with Gasteiger partial charge in [-0.25, -0.2) is 4.98 Å². The van der Waals surface area contributed by atoms with Crippen molar-refractivity contribution in [2.45, 2.75) is 25.5 Å². The van der Waals surface area contributed by atoms with E-state index in [0.717, 1.165) is 16.8 Å².